The molecule has 3 saturated heterocycles. The van der Waals surface area contributed by atoms with Crippen LogP contribution >= 0.6 is 0 Å². The zero-order chi connectivity index (χ0) is 21.4. The molecule has 5 nitrogen and oxygen atoms in total. The second kappa shape index (κ2) is 8.04. The van der Waals surface area contributed by atoms with E-state index >= 15 is 0 Å². The van der Waals surface area contributed by atoms with Crippen molar-refractivity contribution in [2.75, 3.05) is 27.3 Å². The van der Waals surface area contributed by atoms with Crippen LogP contribution in [-0.2, 0) is 11.3 Å². The van der Waals surface area contributed by atoms with E-state index in [2.05, 4.69) is 40.2 Å². The predicted molar refractivity (Wildman–Crippen MR) is 121 cm³/mol. The number of rotatable bonds is 6. The van der Waals surface area contributed by atoms with Gasteiger partial charge >= 0.3 is 0 Å². The molecule has 1 amide bonds. The Kier molecular flexibility index (Phi) is 5.22. The minimum absolute atomic E-state index is 0.303. The molecule has 3 fully saturated rings. The molecule has 2 aromatic carbocycles. The molecule has 0 aliphatic carbocycles. The van der Waals surface area contributed by atoms with E-state index in [0.29, 0.717) is 24.4 Å². The van der Waals surface area contributed by atoms with Crippen LogP contribution in [0, 0.1) is 5.92 Å². The van der Waals surface area contributed by atoms with Crippen LogP contribution < -0.4 is 9.47 Å². The summed E-state index contributed by atoms with van der Waals surface area (Å²) >= 11 is 0. The molecule has 0 unspecified atom stereocenters. The van der Waals surface area contributed by atoms with Crippen LogP contribution in [-0.4, -0.2) is 54.6 Å². The number of hydrogen-bond donors (Lipinski definition) is 0. The summed E-state index contributed by atoms with van der Waals surface area (Å²) in [7, 11) is 3.38. The van der Waals surface area contributed by atoms with Crippen LogP contribution in [0.25, 0.3) is 6.08 Å². The standard InChI is InChI=1S/C26H30N2O3/c1-30-23-12-8-19(9-13-23)17-27-18-21-16-22(28-15-5-14-26(21,28)25(27)29)11-10-20-6-3-4-7-24(20)31-2/h3-4,6-13,21-22H,5,14-18H2,1-2H3/b11-10+/t21-,22+,26-/m0/s1. The number of amides is 1. The van der Waals surface area contributed by atoms with Gasteiger partial charge in [-0.15, -0.1) is 0 Å². The van der Waals surface area contributed by atoms with Gasteiger partial charge < -0.3 is 14.4 Å². The zero-order valence-corrected chi connectivity index (χ0v) is 18.3. The van der Waals surface area contributed by atoms with Gasteiger partial charge in [0.15, 0.2) is 0 Å². The molecule has 5 heteroatoms. The van der Waals surface area contributed by atoms with E-state index in [0.717, 1.165) is 55.0 Å². The second-order valence-electron chi connectivity index (χ2n) is 8.86. The minimum Gasteiger partial charge on any atom is -0.497 e. The van der Waals surface area contributed by atoms with Gasteiger partial charge in [0.1, 0.15) is 17.0 Å². The summed E-state index contributed by atoms with van der Waals surface area (Å²) in [5.41, 5.74) is 1.94. The Morgan fingerprint density at radius 3 is 2.68 bits per heavy atom. The number of hydrogen-bond acceptors (Lipinski definition) is 4. The molecule has 5 rings (SSSR count). The third-order valence-corrected chi connectivity index (χ3v) is 7.34. The van der Waals surface area contributed by atoms with Crippen LogP contribution in [0.4, 0.5) is 0 Å². The Morgan fingerprint density at radius 2 is 1.90 bits per heavy atom. The molecule has 1 spiro atoms. The van der Waals surface area contributed by atoms with Crippen LogP contribution in [0.1, 0.15) is 30.4 Å². The molecule has 3 atom stereocenters. The summed E-state index contributed by atoms with van der Waals surface area (Å²) < 4.78 is 10.7. The van der Waals surface area contributed by atoms with E-state index in [1.165, 1.54) is 0 Å². The summed E-state index contributed by atoms with van der Waals surface area (Å²) in [6.07, 6.45) is 7.56. The molecule has 31 heavy (non-hydrogen) atoms. The quantitative estimate of drug-likeness (QED) is 0.712. The van der Waals surface area contributed by atoms with Gasteiger partial charge in [-0.3, -0.25) is 9.69 Å². The van der Waals surface area contributed by atoms with Crippen molar-refractivity contribution < 1.29 is 14.3 Å². The van der Waals surface area contributed by atoms with Gasteiger partial charge in [0.05, 0.1) is 14.2 Å². The van der Waals surface area contributed by atoms with Crippen LogP contribution in [0.5, 0.6) is 11.5 Å². The fourth-order valence-electron chi connectivity index (χ4n) is 5.92. The van der Waals surface area contributed by atoms with Gasteiger partial charge in [-0.25, -0.2) is 0 Å². The highest BCUT2D eigenvalue weighted by Crippen LogP contribution is 2.52. The number of carbonyl (C=O) groups excluding carboxylic acids is 1. The number of benzene rings is 2. The molecule has 3 heterocycles. The summed E-state index contributed by atoms with van der Waals surface area (Å²) in [5.74, 6) is 2.44. The Bertz CT molecular complexity index is 986. The number of methoxy groups -OCH3 is 2. The van der Waals surface area contributed by atoms with Gasteiger partial charge in [-0.05, 0) is 49.6 Å². The number of carbonyl (C=O) groups is 1. The number of para-hydroxylation sites is 1. The van der Waals surface area contributed by atoms with E-state index in [9.17, 15) is 4.79 Å². The Hall–Kier alpha value is -2.79. The molecule has 2 aromatic rings. The topological polar surface area (TPSA) is 42.0 Å². The Morgan fingerprint density at radius 1 is 1.10 bits per heavy atom. The van der Waals surface area contributed by atoms with E-state index < -0.39 is 0 Å². The zero-order valence-electron chi connectivity index (χ0n) is 18.3. The maximum atomic E-state index is 13.7. The van der Waals surface area contributed by atoms with Crippen molar-refractivity contribution >= 4 is 12.0 Å². The first-order chi connectivity index (χ1) is 15.2. The fourth-order valence-corrected chi connectivity index (χ4v) is 5.92. The lowest BCUT2D eigenvalue weighted by Gasteiger charge is -2.32. The molecular formula is C26H30N2O3. The average Bonchev–Trinajstić information content (AvgIpc) is 3.44. The monoisotopic (exact) mass is 418 g/mol. The molecular weight excluding hydrogens is 388 g/mol. The third kappa shape index (κ3) is 3.32. The SMILES string of the molecule is COc1ccc(CN2C[C@@H]3C[C@@H](/C=C/c4ccccc4OC)N4CCC[C@@]34C2=O)cc1. The maximum Gasteiger partial charge on any atom is 0.243 e. The summed E-state index contributed by atoms with van der Waals surface area (Å²) in [6.45, 7) is 2.52. The first-order valence-electron chi connectivity index (χ1n) is 11.2. The van der Waals surface area contributed by atoms with Gasteiger partial charge in [0.25, 0.3) is 0 Å². The van der Waals surface area contributed by atoms with Crippen molar-refractivity contribution in [2.24, 2.45) is 5.92 Å². The molecule has 3 aliphatic rings. The van der Waals surface area contributed by atoms with Crippen LogP contribution in [0.15, 0.2) is 54.6 Å². The van der Waals surface area contributed by atoms with Crippen molar-refractivity contribution in [1.82, 2.24) is 9.80 Å². The Labute approximate surface area is 184 Å². The molecule has 0 bridgehead atoms. The van der Waals surface area contributed by atoms with Gasteiger partial charge in [-0.2, -0.15) is 0 Å². The van der Waals surface area contributed by atoms with Crippen molar-refractivity contribution in [3.8, 4) is 11.5 Å². The fraction of sp³-hybridized carbons (Fsp3) is 0.423. The predicted octanol–water partition coefficient (Wildman–Crippen LogP) is 3.98. The van der Waals surface area contributed by atoms with Crippen molar-refractivity contribution in [3.63, 3.8) is 0 Å². The van der Waals surface area contributed by atoms with Crippen molar-refractivity contribution in [2.45, 2.75) is 37.4 Å². The normalized spacial score (nSPS) is 27.7. The van der Waals surface area contributed by atoms with Crippen molar-refractivity contribution in [3.05, 3.63) is 65.7 Å². The van der Waals surface area contributed by atoms with Crippen LogP contribution in [0.2, 0.25) is 0 Å². The van der Waals surface area contributed by atoms with Crippen molar-refractivity contribution in [1.29, 1.82) is 0 Å². The minimum atomic E-state index is -0.303. The highest BCUT2D eigenvalue weighted by Gasteiger charge is 2.64. The van der Waals surface area contributed by atoms with E-state index in [1.807, 2.05) is 30.3 Å². The summed E-state index contributed by atoms with van der Waals surface area (Å²) in [6, 6.07) is 16.4. The van der Waals surface area contributed by atoms with Gasteiger partial charge in [0.2, 0.25) is 5.91 Å². The highest BCUT2D eigenvalue weighted by molar-refractivity contribution is 5.90. The molecule has 0 radical (unpaired) electrons. The lowest BCUT2D eigenvalue weighted by atomic mass is 9.85. The number of nitrogens with zero attached hydrogens (tertiary/aromatic N) is 2. The third-order valence-electron chi connectivity index (χ3n) is 7.34. The van der Waals surface area contributed by atoms with E-state index in [1.54, 1.807) is 14.2 Å². The molecule has 162 valence electrons. The smallest absolute Gasteiger partial charge is 0.243 e. The first-order valence-corrected chi connectivity index (χ1v) is 11.2. The molecule has 0 aromatic heterocycles. The van der Waals surface area contributed by atoms with E-state index in [-0.39, 0.29) is 5.54 Å². The molecule has 0 saturated carbocycles. The summed E-state index contributed by atoms with van der Waals surface area (Å²) in [4.78, 5) is 18.2. The lowest BCUT2D eigenvalue weighted by Crippen LogP contribution is -2.50. The first kappa shape index (κ1) is 20.1. The molecule has 3 aliphatic heterocycles. The maximum absolute atomic E-state index is 13.7. The van der Waals surface area contributed by atoms with Gasteiger partial charge in [-0.1, -0.05) is 42.5 Å². The number of ether oxygens (including phenoxy) is 2. The highest BCUT2D eigenvalue weighted by atomic mass is 16.5. The summed E-state index contributed by atoms with van der Waals surface area (Å²) in [5, 5.41) is 0. The van der Waals surface area contributed by atoms with E-state index in [4.69, 9.17) is 9.47 Å². The molecule has 0 N–H and O–H groups in total. The van der Waals surface area contributed by atoms with Gasteiger partial charge in [0, 0.05) is 30.6 Å². The lowest BCUT2D eigenvalue weighted by molar-refractivity contribution is -0.137. The van der Waals surface area contributed by atoms with Crippen LogP contribution in [0.3, 0.4) is 0 Å². The average molecular weight is 419 g/mol. The number of likely N-dealkylation sites (tertiary alicyclic amines) is 1. The largest absolute Gasteiger partial charge is 0.497 e. The second-order valence-corrected chi connectivity index (χ2v) is 8.86. The Balaban J connectivity index is 1.33.